The fourth-order valence-corrected chi connectivity index (χ4v) is 9.62. The molecule has 0 atom stereocenters. The summed E-state index contributed by atoms with van der Waals surface area (Å²) in [7, 11) is 0. The largest absolute Gasteiger partial charge is 0.452 e. The van der Waals surface area contributed by atoms with E-state index in [0.717, 1.165) is 99.5 Å². The zero-order chi connectivity index (χ0) is 40.7. The van der Waals surface area contributed by atoms with Gasteiger partial charge in [-0.1, -0.05) is 121 Å². The molecular formula is C58H36N2O2. The van der Waals surface area contributed by atoms with Crippen LogP contribution in [0, 0.1) is 0 Å². The van der Waals surface area contributed by atoms with Crippen molar-refractivity contribution < 1.29 is 8.83 Å². The number of benzene rings is 11. The van der Waals surface area contributed by atoms with Crippen LogP contribution in [0.15, 0.2) is 227 Å². The molecule has 0 saturated heterocycles. The monoisotopic (exact) mass is 792 g/mol. The smallest absolute Gasteiger partial charge is 0.178 e. The van der Waals surface area contributed by atoms with Crippen LogP contribution in [0.3, 0.4) is 0 Å². The normalized spacial score (nSPS) is 11.9. The molecule has 0 fully saturated rings. The van der Waals surface area contributed by atoms with E-state index in [1.165, 1.54) is 21.5 Å². The van der Waals surface area contributed by atoms with Gasteiger partial charge in [-0.25, -0.2) is 0 Å². The highest BCUT2D eigenvalue weighted by atomic mass is 16.4. The molecule has 0 spiro atoms. The van der Waals surface area contributed by atoms with Gasteiger partial charge in [-0.15, -0.1) is 0 Å². The molecule has 0 saturated carbocycles. The van der Waals surface area contributed by atoms with Gasteiger partial charge in [0.2, 0.25) is 0 Å². The Balaban J connectivity index is 0.939. The first-order chi connectivity index (χ1) is 30.7. The molecule has 0 N–H and O–H groups in total. The van der Waals surface area contributed by atoms with E-state index in [0.29, 0.717) is 0 Å². The number of anilines is 6. The van der Waals surface area contributed by atoms with E-state index in [2.05, 4.69) is 228 Å². The fraction of sp³-hybridized carbons (Fsp3) is 0. The molecule has 0 radical (unpaired) electrons. The van der Waals surface area contributed by atoms with E-state index in [1.54, 1.807) is 0 Å². The van der Waals surface area contributed by atoms with Crippen molar-refractivity contribution in [2.24, 2.45) is 0 Å². The Morgan fingerprint density at radius 1 is 0.242 bits per heavy atom. The zero-order valence-electron chi connectivity index (χ0n) is 33.5. The van der Waals surface area contributed by atoms with Crippen molar-refractivity contribution in [3.63, 3.8) is 0 Å². The number of hydrogen-bond acceptors (Lipinski definition) is 4. The van der Waals surface area contributed by atoms with Crippen LogP contribution < -0.4 is 9.80 Å². The second-order valence-corrected chi connectivity index (χ2v) is 16.1. The summed E-state index contributed by atoms with van der Waals surface area (Å²) in [5, 5.41) is 13.5. The first-order valence-electron chi connectivity index (χ1n) is 21.1. The van der Waals surface area contributed by atoms with Gasteiger partial charge in [0.05, 0.1) is 11.4 Å². The van der Waals surface area contributed by atoms with Crippen molar-refractivity contribution in [2.45, 2.75) is 0 Å². The summed E-state index contributed by atoms with van der Waals surface area (Å²) >= 11 is 0. The fourth-order valence-electron chi connectivity index (χ4n) is 9.62. The topological polar surface area (TPSA) is 32.8 Å². The standard InChI is InChI=1S/C58H36N2O2/c1-3-17-43(18-4-1)59(53-23-11-15-37-13-7-9-21-47(37)53)45-27-25-39-33-51-49-29-30-50-52-34-40-26-28-46(32-42(40)36-56(52)62-58(50)57(49)61-55(51)35-41(39)31-45)60(44-19-5-2-6-20-44)54-24-12-16-38-14-8-10-22-48(38)54/h1-36H. The number of furan rings is 2. The van der Waals surface area contributed by atoms with Gasteiger partial charge in [-0.2, -0.15) is 0 Å². The van der Waals surface area contributed by atoms with Crippen molar-refractivity contribution >= 4 is 121 Å². The third-order valence-electron chi connectivity index (χ3n) is 12.5. The lowest BCUT2D eigenvalue weighted by Crippen LogP contribution is -2.10. The van der Waals surface area contributed by atoms with E-state index in [1.807, 2.05) is 0 Å². The van der Waals surface area contributed by atoms with Gasteiger partial charge in [-0.3, -0.25) is 0 Å². The van der Waals surface area contributed by atoms with E-state index < -0.39 is 0 Å². The van der Waals surface area contributed by atoms with Crippen LogP contribution in [-0.2, 0) is 0 Å². The third-order valence-corrected chi connectivity index (χ3v) is 12.5. The minimum Gasteiger partial charge on any atom is -0.452 e. The Morgan fingerprint density at radius 3 is 1.13 bits per heavy atom. The summed E-state index contributed by atoms with van der Waals surface area (Å²) < 4.78 is 13.6. The highest BCUT2D eigenvalue weighted by molar-refractivity contribution is 6.21. The molecule has 0 bridgehead atoms. The Kier molecular flexibility index (Phi) is 7.57. The summed E-state index contributed by atoms with van der Waals surface area (Å²) in [4.78, 5) is 4.69. The van der Waals surface area contributed by atoms with Crippen molar-refractivity contribution in [1.29, 1.82) is 0 Å². The van der Waals surface area contributed by atoms with Gasteiger partial charge < -0.3 is 18.6 Å². The molecule has 2 aromatic heterocycles. The van der Waals surface area contributed by atoms with Crippen molar-refractivity contribution in [1.82, 2.24) is 0 Å². The molecule has 0 amide bonds. The first-order valence-corrected chi connectivity index (χ1v) is 21.1. The number of fused-ring (bicyclic) bond motifs is 11. The summed E-state index contributed by atoms with van der Waals surface area (Å²) in [5.74, 6) is 0. The van der Waals surface area contributed by atoms with Gasteiger partial charge in [0.15, 0.2) is 11.2 Å². The maximum atomic E-state index is 6.80. The number of hydrogen-bond donors (Lipinski definition) is 0. The second-order valence-electron chi connectivity index (χ2n) is 16.1. The van der Waals surface area contributed by atoms with Crippen molar-refractivity contribution in [3.05, 3.63) is 218 Å². The van der Waals surface area contributed by atoms with Gasteiger partial charge in [0, 0.05) is 55.1 Å². The second kappa shape index (κ2) is 13.6. The molecule has 4 heteroatoms. The van der Waals surface area contributed by atoms with E-state index in [-0.39, 0.29) is 0 Å². The molecule has 4 nitrogen and oxygen atoms in total. The molecular weight excluding hydrogens is 757 g/mol. The first kappa shape index (κ1) is 34.5. The molecule has 11 aromatic carbocycles. The minimum absolute atomic E-state index is 0.766. The van der Waals surface area contributed by atoms with Crippen molar-refractivity contribution in [3.8, 4) is 0 Å². The van der Waals surface area contributed by atoms with Crippen LogP contribution in [0.2, 0.25) is 0 Å². The molecule has 2 heterocycles. The van der Waals surface area contributed by atoms with E-state index >= 15 is 0 Å². The highest BCUT2D eigenvalue weighted by Crippen LogP contribution is 2.45. The van der Waals surface area contributed by atoms with E-state index in [9.17, 15) is 0 Å². The molecule has 0 aliphatic heterocycles. The third kappa shape index (κ3) is 5.40. The number of rotatable bonds is 6. The summed E-state index contributed by atoms with van der Waals surface area (Å²) in [6.07, 6.45) is 0. The maximum absolute atomic E-state index is 6.80. The lowest BCUT2D eigenvalue weighted by Gasteiger charge is -2.27. The molecule has 290 valence electrons. The van der Waals surface area contributed by atoms with Crippen LogP contribution in [-0.4, -0.2) is 0 Å². The van der Waals surface area contributed by atoms with Crippen LogP contribution in [0.1, 0.15) is 0 Å². The Hall–Kier alpha value is -8.34. The zero-order valence-corrected chi connectivity index (χ0v) is 33.5. The summed E-state index contributed by atoms with van der Waals surface area (Å²) in [5.41, 5.74) is 9.81. The molecule has 0 unspecified atom stereocenters. The molecule has 62 heavy (non-hydrogen) atoms. The van der Waals surface area contributed by atoms with Gasteiger partial charge in [-0.05, 0) is 129 Å². The Morgan fingerprint density at radius 2 is 0.661 bits per heavy atom. The summed E-state index contributed by atoms with van der Waals surface area (Å²) in [6, 6.07) is 78.0. The molecule has 13 aromatic rings. The predicted octanol–water partition coefficient (Wildman–Crippen LogP) is 17.0. The highest BCUT2D eigenvalue weighted by Gasteiger charge is 2.21. The SMILES string of the molecule is c1ccc(N(c2ccc3cc4c(cc3c2)oc2c4ccc3c4cc5ccc(N(c6ccccc6)c6cccc7ccccc67)cc5cc4oc32)c2cccc3ccccc23)cc1. The summed E-state index contributed by atoms with van der Waals surface area (Å²) in [6.45, 7) is 0. The lowest BCUT2D eigenvalue weighted by atomic mass is 10.0. The molecule has 0 aliphatic rings. The molecule has 13 rings (SSSR count). The van der Waals surface area contributed by atoms with Gasteiger partial charge in [0.25, 0.3) is 0 Å². The quantitative estimate of drug-likeness (QED) is 0.168. The van der Waals surface area contributed by atoms with Crippen LogP contribution in [0.25, 0.3) is 87.0 Å². The van der Waals surface area contributed by atoms with E-state index in [4.69, 9.17) is 8.83 Å². The van der Waals surface area contributed by atoms with Gasteiger partial charge in [0.1, 0.15) is 11.2 Å². The Labute approximate surface area is 356 Å². The average molecular weight is 793 g/mol. The number of nitrogens with zero attached hydrogens (tertiary/aromatic N) is 2. The maximum Gasteiger partial charge on any atom is 0.178 e. The molecule has 0 aliphatic carbocycles. The van der Waals surface area contributed by atoms with Crippen LogP contribution >= 0.6 is 0 Å². The van der Waals surface area contributed by atoms with Crippen LogP contribution in [0.5, 0.6) is 0 Å². The predicted molar refractivity (Wildman–Crippen MR) is 260 cm³/mol. The number of para-hydroxylation sites is 2. The van der Waals surface area contributed by atoms with Gasteiger partial charge >= 0.3 is 0 Å². The lowest BCUT2D eigenvalue weighted by molar-refractivity contribution is 0.634. The average Bonchev–Trinajstić information content (AvgIpc) is 3.88. The van der Waals surface area contributed by atoms with Crippen molar-refractivity contribution in [2.75, 3.05) is 9.80 Å². The minimum atomic E-state index is 0.766. The Bertz CT molecular complexity index is 3620. The van der Waals surface area contributed by atoms with Crippen LogP contribution in [0.4, 0.5) is 34.1 Å².